The number of benzene rings is 1. The van der Waals surface area contributed by atoms with Crippen LogP contribution in [0.3, 0.4) is 0 Å². The van der Waals surface area contributed by atoms with Gasteiger partial charge in [-0.15, -0.1) is 10.2 Å². The number of nitrogens with one attached hydrogen (secondary N) is 3. The summed E-state index contributed by atoms with van der Waals surface area (Å²) in [5, 5.41) is 15.2. The molecule has 1 aliphatic heterocycles. The number of nitrogens with zero attached hydrogens (tertiary/aromatic N) is 2. The number of rotatable bonds is 9. The molecule has 3 rings (SSSR count). The SMILES string of the molecule is CC(C)CNc1nnc(SCC(=O)Nc2ccc(C[NH+]3CCCC3)cc2)s1. The lowest BCUT2D eigenvalue weighted by molar-refractivity contribution is -0.901. The van der Waals surface area contributed by atoms with Gasteiger partial charge in [-0.05, 0) is 18.1 Å². The summed E-state index contributed by atoms with van der Waals surface area (Å²) in [7, 11) is 0. The van der Waals surface area contributed by atoms with Crippen LogP contribution in [0.1, 0.15) is 32.3 Å². The Kier molecular flexibility index (Phi) is 7.49. The van der Waals surface area contributed by atoms with Crippen LogP contribution in [-0.4, -0.2) is 41.5 Å². The van der Waals surface area contributed by atoms with E-state index in [0.29, 0.717) is 11.7 Å². The van der Waals surface area contributed by atoms with Gasteiger partial charge in [-0.2, -0.15) is 0 Å². The smallest absolute Gasteiger partial charge is 0.234 e. The maximum Gasteiger partial charge on any atom is 0.234 e. The molecule has 0 unspecified atom stereocenters. The van der Waals surface area contributed by atoms with E-state index in [4.69, 9.17) is 0 Å². The maximum absolute atomic E-state index is 12.2. The molecule has 0 spiro atoms. The number of hydrogen-bond donors (Lipinski definition) is 3. The van der Waals surface area contributed by atoms with Gasteiger partial charge in [0, 0.05) is 30.6 Å². The summed E-state index contributed by atoms with van der Waals surface area (Å²) in [6, 6.07) is 8.22. The van der Waals surface area contributed by atoms with Crippen LogP contribution in [0.4, 0.5) is 10.8 Å². The van der Waals surface area contributed by atoms with E-state index < -0.39 is 0 Å². The Morgan fingerprint density at radius 2 is 1.96 bits per heavy atom. The topological polar surface area (TPSA) is 71.3 Å². The van der Waals surface area contributed by atoms with Gasteiger partial charge in [0.2, 0.25) is 11.0 Å². The van der Waals surface area contributed by atoms with Crippen LogP contribution in [0.25, 0.3) is 0 Å². The van der Waals surface area contributed by atoms with E-state index in [9.17, 15) is 4.79 Å². The van der Waals surface area contributed by atoms with Gasteiger partial charge in [-0.1, -0.05) is 49.1 Å². The van der Waals surface area contributed by atoms with Gasteiger partial charge in [0.05, 0.1) is 18.8 Å². The molecular formula is C19H28N5OS2+. The summed E-state index contributed by atoms with van der Waals surface area (Å²) in [5.74, 6) is 0.863. The van der Waals surface area contributed by atoms with Crippen LogP contribution in [0.2, 0.25) is 0 Å². The number of thioether (sulfide) groups is 1. The molecule has 2 heterocycles. The van der Waals surface area contributed by atoms with Crippen LogP contribution < -0.4 is 15.5 Å². The number of carbonyl (C=O) groups is 1. The minimum Gasteiger partial charge on any atom is -0.360 e. The third-order valence-corrected chi connectivity index (χ3v) is 6.41. The third-order valence-electron chi connectivity index (χ3n) is 4.40. The number of anilines is 2. The summed E-state index contributed by atoms with van der Waals surface area (Å²) < 4.78 is 0.806. The zero-order valence-corrected chi connectivity index (χ0v) is 17.6. The van der Waals surface area contributed by atoms with E-state index in [1.54, 1.807) is 4.90 Å². The summed E-state index contributed by atoms with van der Waals surface area (Å²) in [6.07, 6.45) is 2.68. The predicted octanol–water partition coefficient (Wildman–Crippen LogP) is 2.52. The first kappa shape index (κ1) is 20.1. The number of amides is 1. The van der Waals surface area contributed by atoms with Crippen LogP contribution in [-0.2, 0) is 11.3 Å². The quantitative estimate of drug-likeness (QED) is 0.558. The molecule has 0 radical (unpaired) electrons. The highest BCUT2D eigenvalue weighted by Crippen LogP contribution is 2.25. The molecule has 1 aliphatic rings. The fourth-order valence-corrected chi connectivity index (χ4v) is 4.56. The first-order chi connectivity index (χ1) is 13.1. The van der Waals surface area contributed by atoms with Gasteiger partial charge in [0.25, 0.3) is 0 Å². The first-order valence-electron chi connectivity index (χ1n) is 9.51. The molecular weight excluding hydrogens is 378 g/mol. The van der Waals surface area contributed by atoms with Crippen molar-refractivity contribution in [3.63, 3.8) is 0 Å². The van der Waals surface area contributed by atoms with Crippen molar-refractivity contribution in [1.29, 1.82) is 0 Å². The van der Waals surface area contributed by atoms with Crippen molar-refractivity contribution in [2.45, 2.75) is 37.6 Å². The van der Waals surface area contributed by atoms with E-state index in [-0.39, 0.29) is 5.91 Å². The number of carbonyl (C=O) groups excluding carboxylic acids is 1. The van der Waals surface area contributed by atoms with Crippen LogP contribution in [0.5, 0.6) is 0 Å². The van der Waals surface area contributed by atoms with Crippen molar-refractivity contribution in [1.82, 2.24) is 10.2 Å². The highest BCUT2D eigenvalue weighted by atomic mass is 32.2. The number of aromatic nitrogens is 2. The molecule has 0 atom stereocenters. The largest absolute Gasteiger partial charge is 0.360 e. The monoisotopic (exact) mass is 406 g/mol. The number of likely N-dealkylation sites (tertiary alicyclic amines) is 1. The van der Waals surface area contributed by atoms with Gasteiger partial charge < -0.3 is 15.5 Å². The Balaban J connectivity index is 1.41. The Labute approximate surface area is 169 Å². The van der Waals surface area contributed by atoms with Gasteiger partial charge >= 0.3 is 0 Å². The molecule has 3 N–H and O–H groups in total. The Hall–Kier alpha value is -1.64. The number of hydrogen-bond acceptors (Lipinski definition) is 6. The molecule has 1 saturated heterocycles. The Morgan fingerprint density at radius 3 is 2.67 bits per heavy atom. The van der Waals surface area contributed by atoms with Crippen molar-refractivity contribution in [3.05, 3.63) is 29.8 Å². The maximum atomic E-state index is 12.2. The minimum absolute atomic E-state index is 0.0233. The van der Waals surface area contributed by atoms with Gasteiger partial charge in [0.15, 0.2) is 4.34 Å². The predicted molar refractivity (Wildman–Crippen MR) is 113 cm³/mol. The Bertz CT molecular complexity index is 726. The average Bonchev–Trinajstić information content (AvgIpc) is 3.32. The molecule has 146 valence electrons. The molecule has 1 fully saturated rings. The molecule has 0 bridgehead atoms. The zero-order valence-electron chi connectivity index (χ0n) is 16.0. The normalized spacial score (nSPS) is 14.6. The van der Waals surface area contributed by atoms with Crippen LogP contribution in [0, 0.1) is 5.92 Å². The lowest BCUT2D eigenvalue weighted by atomic mass is 10.2. The molecule has 27 heavy (non-hydrogen) atoms. The molecule has 1 amide bonds. The van der Waals surface area contributed by atoms with E-state index in [2.05, 4.69) is 46.8 Å². The second-order valence-electron chi connectivity index (χ2n) is 7.32. The van der Waals surface area contributed by atoms with Gasteiger partial charge in [-0.25, -0.2) is 0 Å². The lowest BCUT2D eigenvalue weighted by Gasteiger charge is -2.12. The molecule has 2 aromatic rings. The molecule has 0 aliphatic carbocycles. The van der Waals surface area contributed by atoms with E-state index in [1.807, 2.05) is 12.1 Å². The Morgan fingerprint density at radius 1 is 1.22 bits per heavy atom. The second-order valence-corrected chi connectivity index (χ2v) is 9.52. The lowest BCUT2D eigenvalue weighted by Crippen LogP contribution is -3.08. The average molecular weight is 407 g/mol. The van der Waals surface area contributed by atoms with E-state index >= 15 is 0 Å². The molecule has 1 aromatic carbocycles. The molecule has 0 saturated carbocycles. The van der Waals surface area contributed by atoms with Crippen molar-refractivity contribution >= 4 is 39.8 Å². The summed E-state index contributed by atoms with van der Waals surface area (Å²) >= 11 is 2.90. The highest BCUT2D eigenvalue weighted by Gasteiger charge is 2.15. The van der Waals surface area contributed by atoms with Crippen molar-refractivity contribution < 1.29 is 9.69 Å². The van der Waals surface area contributed by atoms with Crippen LogP contribution >= 0.6 is 23.1 Å². The summed E-state index contributed by atoms with van der Waals surface area (Å²) in [5.41, 5.74) is 2.17. The fraction of sp³-hybridized carbons (Fsp3) is 0.526. The van der Waals surface area contributed by atoms with Crippen molar-refractivity contribution in [3.8, 4) is 0 Å². The number of quaternary nitrogens is 1. The highest BCUT2D eigenvalue weighted by molar-refractivity contribution is 8.01. The second kappa shape index (κ2) is 10.1. The molecule has 8 heteroatoms. The first-order valence-corrected chi connectivity index (χ1v) is 11.3. The standard InChI is InChI=1S/C19H27N5OS2/c1-14(2)11-20-18-22-23-19(27-18)26-13-17(25)21-16-7-5-15(6-8-16)12-24-9-3-4-10-24/h5-8,14H,3-4,9-13H2,1-2H3,(H,20,22)(H,21,25)/p+1. The minimum atomic E-state index is -0.0233. The third kappa shape index (κ3) is 6.79. The van der Waals surface area contributed by atoms with E-state index in [1.165, 1.54) is 54.6 Å². The van der Waals surface area contributed by atoms with Crippen LogP contribution in [0.15, 0.2) is 28.6 Å². The van der Waals surface area contributed by atoms with Gasteiger partial charge in [0.1, 0.15) is 6.54 Å². The zero-order chi connectivity index (χ0) is 19.1. The fourth-order valence-electron chi connectivity index (χ4n) is 3.00. The molecule has 6 nitrogen and oxygen atoms in total. The van der Waals surface area contributed by atoms with Crippen molar-refractivity contribution in [2.75, 3.05) is 36.0 Å². The summed E-state index contributed by atoms with van der Waals surface area (Å²) in [6.45, 7) is 8.79. The molecule has 1 aromatic heterocycles. The summed E-state index contributed by atoms with van der Waals surface area (Å²) in [4.78, 5) is 13.8. The van der Waals surface area contributed by atoms with Gasteiger partial charge in [-0.3, -0.25) is 4.79 Å². The van der Waals surface area contributed by atoms with Crippen molar-refractivity contribution in [2.24, 2.45) is 5.92 Å². The van der Waals surface area contributed by atoms with E-state index in [0.717, 1.165) is 28.2 Å².